The van der Waals surface area contributed by atoms with Crippen molar-refractivity contribution in [2.24, 2.45) is 0 Å². The van der Waals surface area contributed by atoms with E-state index in [2.05, 4.69) is 4.98 Å². The van der Waals surface area contributed by atoms with Crippen LogP contribution in [0.15, 0.2) is 78.6 Å². The lowest BCUT2D eigenvalue weighted by Gasteiger charge is -2.20. The van der Waals surface area contributed by atoms with Crippen molar-refractivity contribution in [3.05, 3.63) is 94.8 Å². The van der Waals surface area contributed by atoms with Gasteiger partial charge < -0.3 is 9.47 Å². The standard InChI is InChI=1S/C24H19ClN2O3/c1-29-22-10-5-16(13-23(22)30-2)12-18-14-21(17-6-8-19(25)9-7-17)27(24(18)28)20-4-3-11-26-15-20/h3-15H,1-2H3/b18-12+. The quantitative estimate of drug-likeness (QED) is 0.533. The molecule has 5 nitrogen and oxygen atoms in total. The number of ether oxygens (including phenoxy) is 2. The highest BCUT2D eigenvalue weighted by molar-refractivity contribution is 6.30. The summed E-state index contributed by atoms with van der Waals surface area (Å²) in [6, 6.07) is 16.6. The second kappa shape index (κ2) is 8.43. The minimum atomic E-state index is -0.136. The highest BCUT2D eigenvalue weighted by Crippen LogP contribution is 2.36. The third-order valence-corrected chi connectivity index (χ3v) is 5.01. The number of halogens is 1. The van der Waals surface area contributed by atoms with E-state index in [0.29, 0.717) is 27.8 Å². The van der Waals surface area contributed by atoms with Gasteiger partial charge in [0.25, 0.3) is 5.91 Å². The van der Waals surface area contributed by atoms with Gasteiger partial charge in [0.15, 0.2) is 11.5 Å². The Kier molecular flexibility index (Phi) is 5.55. The van der Waals surface area contributed by atoms with Gasteiger partial charge in [-0.15, -0.1) is 0 Å². The van der Waals surface area contributed by atoms with E-state index in [-0.39, 0.29) is 5.91 Å². The lowest BCUT2D eigenvalue weighted by atomic mass is 10.1. The fraction of sp³-hybridized carbons (Fsp3) is 0.0833. The number of hydrogen-bond acceptors (Lipinski definition) is 4. The van der Waals surface area contributed by atoms with E-state index in [1.807, 2.05) is 48.6 Å². The molecule has 1 aliphatic rings. The van der Waals surface area contributed by atoms with E-state index in [0.717, 1.165) is 16.8 Å². The fourth-order valence-electron chi connectivity index (χ4n) is 3.31. The third-order valence-electron chi connectivity index (χ3n) is 4.76. The van der Waals surface area contributed by atoms with Crippen molar-refractivity contribution < 1.29 is 14.3 Å². The Morgan fingerprint density at radius 3 is 2.43 bits per heavy atom. The number of amides is 1. The molecule has 0 spiro atoms. The second-order valence-corrected chi connectivity index (χ2v) is 7.04. The van der Waals surface area contributed by atoms with E-state index in [9.17, 15) is 4.79 Å². The Morgan fingerprint density at radius 2 is 1.77 bits per heavy atom. The van der Waals surface area contributed by atoms with Gasteiger partial charge in [-0.2, -0.15) is 0 Å². The number of anilines is 1. The number of rotatable bonds is 5. The van der Waals surface area contributed by atoms with Gasteiger partial charge in [-0.3, -0.25) is 14.7 Å². The second-order valence-electron chi connectivity index (χ2n) is 6.60. The normalized spacial score (nSPS) is 14.8. The number of methoxy groups -OCH3 is 2. The van der Waals surface area contributed by atoms with Crippen molar-refractivity contribution in [3.8, 4) is 11.5 Å². The van der Waals surface area contributed by atoms with Gasteiger partial charge in [-0.25, -0.2) is 0 Å². The zero-order valence-electron chi connectivity index (χ0n) is 16.5. The number of pyridine rings is 1. The number of nitrogens with zero attached hydrogens (tertiary/aromatic N) is 2. The van der Waals surface area contributed by atoms with Crippen molar-refractivity contribution >= 4 is 35.0 Å². The molecule has 0 bridgehead atoms. The molecule has 30 heavy (non-hydrogen) atoms. The molecule has 2 heterocycles. The first-order valence-electron chi connectivity index (χ1n) is 9.26. The molecule has 0 saturated heterocycles. The van der Waals surface area contributed by atoms with E-state index >= 15 is 0 Å². The van der Waals surface area contributed by atoms with Crippen LogP contribution in [0.1, 0.15) is 11.1 Å². The van der Waals surface area contributed by atoms with Crippen LogP contribution in [0.3, 0.4) is 0 Å². The Labute approximate surface area is 179 Å². The molecule has 1 amide bonds. The van der Waals surface area contributed by atoms with E-state index in [1.165, 1.54) is 0 Å². The maximum atomic E-state index is 13.3. The van der Waals surface area contributed by atoms with Gasteiger partial charge in [-0.05, 0) is 59.7 Å². The summed E-state index contributed by atoms with van der Waals surface area (Å²) in [5.74, 6) is 1.10. The summed E-state index contributed by atoms with van der Waals surface area (Å²) >= 11 is 6.05. The summed E-state index contributed by atoms with van der Waals surface area (Å²) in [5.41, 5.74) is 3.72. The number of carbonyl (C=O) groups excluding carboxylic acids is 1. The predicted molar refractivity (Wildman–Crippen MR) is 119 cm³/mol. The van der Waals surface area contributed by atoms with Gasteiger partial charge in [0, 0.05) is 16.8 Å². The third kappa shape index (κ3) is 3.80. The molecule has 0 saturated carbocycles. The van der Waals surface area contributed by atoms with Crippen LogP contribution in [0.4, 0.5) is 5.69 Å². The molecule has 0 radical (unpaired) electrons. The lowest BCUT2D eigenvalue weighted by Crippen LogP contribution is -2.25. The monoisotopic (exact) mass is 418 g/mol. The smallest absolute Gasteiger partial charge is 0.263 e. The maximum absolute atomic E-state index is 13.3. The Balaban J connectivity index is 1.80. The van der Waals surface area contributed by atoms with Crippen molar-refractivity contribution in [1.82, 2.24) is 4.98 Å². The molecular weight excluding hydrogens is 400 g/mol. The summed E-state index contributed by atoms with van der Waals surface area (Å²) in [6.45, 7) is 0. The number of aromatic nitrogens is 1. The molecule has 4 rings (SSSR count). The fourth-order valence-corrected chi connectivity index (χ4v) is 3.44. The summed E-state index contributed by atoms with van der Waals surface area (Å²) in [5, 5.41) is 0.637. The van der Waals surface area contributed by atoms with Gasteiger partial charge in [0.05, 0.1) is 31.8 Å². The Bertz CT molecular complexity index is 1140. The van der Waals surface area contributed by atoms with Crippen molar-refractivity contribution in [3.63, 3.8) is 0 Å². The molecule has 1 aliphatic heterocycles. The van der Waals surface area contributed by atoms with Gasteiger partial charge in [0.1, 0.15) is 0 Å². The average Bonchev–Trinajstić information content (AvgIpc) is 3.10. The first kappa shape index (κ1) is 19.7. The topological polar surface area (TPSA) is 51.7 Å². The largest absolute Gasteiger partial charge is 0.493 e. The molecule has 2 aromatic carbocycles. The predicted octanol–water partition coefficient (Wildman–Crippen LogP) is 5.22. The van der Waals surface area contributed by atoms with Crippen molar-refractivity contribution in [2.45, 2.75) is 0 Å². The molecule has 0 atom stereocenters. The van der Waals surface area contributed by atoms with Crippen LogP contribution < -0.4 is 14.4 Å². The van der Waals surface area contributed by atoms with E-state index in [4.69, 9.17) is 21.1 Å². The minimum Gasteiger partial charge on any atom is -0.493 e. The molecule has 0 fully saturated rings. The van der Waals surface area contributed by atoms with Gasteiger partial charge in [-0.1, -0.05) is 29.8 Å². The number of benzene rings is 2. The number of carbonyl (C=O) groups is 1. The molecule has 0 N–H and O–H groups in total. The summed E-state index contributed by atoms with van der Waals surface area (Å²) in [4.78, 5) is 19.2. The average molecular weight is 419 g/mol. The van der Waals surface area contributed by atoms with Crippen LogP contribution in [-0.4, -0.2) is 25.1 Å². The molecule has 1 aromatic heterocycles. The lowest BCUT2D eigenvalue weighted by molar-refractivity contribution is -0.113. The van der Waals surface area contributed by atoms with Crippen molar-refractivity contribution in [1.29, 1.82) is 0 Å². The highest BCUT2D eigenvalue weighted by atomic mass is 35.5. The maximum Gasteiger partial charge on any atom is 0.263 e. The SMILES string of the molecule is COc1ccc(/C=C2\C=C(c3ccc(Cl)cc3)N(c3cccnc3)C2=O)cc1OC. The van der Waals surface area contributed by atoms with Crippen LogP contribution >= 0.6 is 11.6 Å². The molecular formula is C24H19ClN2O3. The zero-order chi connectivity index (χ0) is 21.1. The van der Waals surface area contributed by atoms with Crippen LogP contribution in [0.25, 0.3) is 11.8 Å². The molecule has 150 valence electrons. The molecule has 0 unspecified atom stereocenters. The first-order chi connectivity index (χ1) is 14.6. The Hall–Kier alpha value is -3.57. The van der Waals surface area contributed by atoms with Crippen LogP contribution in [0.5, 0.6) is 11.5 Å². The summed E-state index contributed by atoms with van der Waals surface area (Å²) in [6.07, 6.45) is 7.04. The molecule has 0 aliphatic carbocycles. The Morgan fingerprint density at radius 1 is 1.00 bits per heavy atom. The number of hydrogen-bond donors (Lipinski definition) is 0. The van der Waals surface area contributed by atoms with Crippen molar-refractivity contribution in [2.75, 3.05) is 19.1 Å². The molecule has 6 heteroatoms. The van der Waals surface area contributed by atoms with Gasteiger partial charge >= 0.3 is 0 Å². The first-order valence-corrected chi connectivity index (χ1v) is 9.64. The van der Waals surface area contributed by atoms with Gasteiger partial charge in [0.2, 0.25) is 0 Å². The molecule has 3 aromatic rings. The summed E-state index contributed by atoms with van der Waals surface area (Å²) in [7, 11) is 3.17. The zero-order valence-corrected chi connectivity index (χ0v) is 17.3. The summed E-state index contributed by atoms with van der Waals surface area (Å²) < 4.78 is 10.7. The van der Waals surface area contributed by atoms with Crippen LogP contribution in [-0.2, 0) is 4.79 Å². The van der Waals surface area contributed by atoms with Crippen LogP contribution in [0, 0.1) is 0 Å². The highest BCUT2D eigenvalue weighted by Gasteiger charge is 2.30. The van der Waals surface area contributed by atoms with Crippen LogP contribution in [0.2, 0.25) is 5.02 Å². The minimum absolute atomic E-state index is 0.136. The van der Waals surface area contributed by atoms with E-state index in [1.54, 1.807) is 49.7 Å². The van der Waals surface area contributed by atoms with E-state index < -0.39 is 0 Å².